The van der Waals surface area contributed by atoms with Crippen molar-refractivity contribution in [3.8, 4) is 11.8 Å². The third-order valence-corrected chi connectivity index (χ3v) is 3.69. The van der Waals surface area contributed by atoms with Crippen molar-refractivity contribution in [2.75, 3.05) is 0 Å². The van der Waals surface area contributed by atoms with Crippen LogP contribution in [0.2, 0.25) is 0 Å². The Hall–Kier alpha value is -2.96. The van der Waals surface area contributed by atoms with E-state index >= 15 is 0 Å². The van der Waals surface area contributed by atoms with Crippen LogP contribution in [0.5, 0.6) is 0 Å². The highest BCUT2D eigenvalue weighted by Crippen LogP contribution is 2.29. The number of hydrogen-bond acceptors (Lipinski definition) is 1. The maximum atomic E-state index is 13.2. The van der Waals surface area contributed by atoms with E-state index in [1.807, 2.05) is 30.3 Å². The number of halogens is 2. The molecule has 1 N–H and O–H groups in total. The van der Waals surface area contributed by atoms with Crippen LogP contribution in [0.3, 0.4) is 0 Å². The first-order valence-corrected chi connectivity index (χ1v) is 7.40. The average Bonchev–Trinajstić information content (AvgIpc) is 2.62. The Bertz CT molecular complexity index is 828. The maximum absolute atomic E-state index is 13.2. The molecule has 0 amide bonds. The average molecular weight is 320 g/mol. The Labute approximate surface area is 139 Å². The van der Waals surface area contributed by atoms with E-state index in [1.165, 1.54) is 48.5 Å². The summed E-state index contributed by atoms with van der Waals surface area (Å²) < 4.78 is 26.4. The molecule has 3 aromatic carbocycles. The minimum absolute atomic E-state index is 0.406. The van der Waals surface area contributed by atoms with Crippen LogP contribution in [0.1, 0.15) is 16.7 Å². The van der Waals surface area contributed by atoms with E-state index in [2.05, 4.69) is 11.8 Å². The topological polar surface area (TPSA) is 20.2 Å². The van der Waals surface area contributed by atoms with Crippen molar-refractivity contribution < 1.29 is 13.9 Å². The Morgan fingerprint density at radius 1 is 0.667 bits per heavy atom. The zero-order valence-electron chi connectivity index (χ0n) is 12.7. The first-order chi connectivity index (χ1) is 11.6. The second kappa shape index (κ2) is 6.66. The SMILES string of the molecule is OC(C#Cc1ccccc1)(c1ccc(F)cc1)c1ccc(F)cc1. The van der Waals surface area contributed by atoms with Gasteiger partial charge in [-0.05, 0) is 36.4 Å². The molecule has 0 spiro atoms. The zero-order chi connectivity index (χ0) is 17.0. The van der Waals surface area contributed by atoms with Crippen LogP contribution in [-0.2, 0) is 5.60 Å². The third kappa shape index (κ3) is 3.34. The van der Waals surface area contributed by atoms with E-state index in [0.29, 0.717) is 11.1 Å². The van der Waals surface area contributed by atoms with Gasteiger partial charge in [0.1, 0.15) is 11.6 Å². The van der Waals surface area contributed by atoms with Crippen LogP contribution in [-0.4, -0.2) is 5.11 Å². The molecule has 3 aromatic rings. The van der Waals surface area contributed by atoms with E-state index in [9.17, 15) is 13.9 Å². The normalized spacial score (nSPS) is 10.8. The lowest BCUT2D eigenvalue weighted by Gasteiger charge is -2.23. The van der Waals surface area contributed by atoms with Crippen LogP contribution in [0.15, 0.2) is 78.9 Å². The number of benzene rings is 3. The van der Waals surface area contributed by atoms with E-state index in [-0.39, 0.29) is 0 Å². The van der Waals surface area contributed by atoms with Crippen molar-refractivity contribution in [3.05, 3.63) is 107 Å². The molecule has 24 heavy (non-hydrogen) atoms. The van der Waals surface area contributed by atoms with Crippen molar-refractivity contribution >= 4 is 0 Å². The Morgan fingerprint density at radius 2 is 1.12 bits per heavy atom. The third-order valence-electron chi connectivity index (χ3n) is 3.69. The van der Waals surface area contributed by atoms with Crippen molar-refractivity contribution in [1.82, 2.24) is 0 Å². The van der Waals surface area contributed by atoms with Crippen molar-refractivity contribution in [2.24, 2.45) is 0 Å². The molecule has 0 bridgehead atoms. The summed E-state index contributed by atoms with van der Waals surface area (Å²) in [6, 6.07) is 20.1. The summed E-state index contributed by atoms with van der Waals surface area (Å²) >= 11 is 0. The molecular weight excluding hydrogens is 306 g/mol. The summed E-state index contributed by atoms with van der Waals surface area (Å²) in [7, 11) is 0. The molecule has 3 heteroatoms. The van der Waals surface area contributed by atoms with Crippen molar-refractivity contribution in [3.63, 3.8) is 0 Å². The van der Waals surface area contributed by atoms with Gasteiger partial charge in [0.05, 0.1) is 0 Å². The van der Waals surface area contributed by atoms with Crippen molar-refractivity contribution in [1.29, 1.82) is 0 Å². The smallest absolute Gasteiger partial charge is 0.177 e. The van der Waals surface area contributed by atoms with E-state index < -0.39 is 17.2 Å². The van der Waals surface area contributed by atoms with Gasteiger partial charge in [0.15, 0.2) is 5.60 Å². The fraction of sp³-hybridized carbons (Fsp3) is 0.0476. The van der Waals surface area contributed by atoms with Gasteiger partial charge < -0.3 is 5.11 Å². The maximum Gasteiger partial charge on any atom is 0.177 e. The predicted molar refractivity (Wildman–Crippen MR) is 89.1 cm³/mol. The highest BCUT2D eigenvalue weighted by molar-refractivity contribution is 5.47. The standard InChI is InChI=1S/C21H14F2O/c22-19-10-6-17(7-11-19)21(24,18-8-12-20(23)13-9-18)15-14-16-4-2-1-3-5-16/h1-13,24H. The van der Waals surface area contributed by atoms with E-state index in [0.717, 1.165) is 5.56 Å². The van der Waals surface area contributed by atoms with E-state index in [4.69, 9.17) is 0 Å². The monoisotopic (exact) mass is 320 g/mol. The molecule has 0 fully saturated rings. The Morgan fingerprint density at radius 3 is 1.58 bits per heavy atom. The number of rotatable bonds is 2. The van der Waals surface area contributed by atoms with Crippen LogP contribution in [0, 0.1) is 23.5 Å². The minimum atomic E-state index is -1.67. The summed E-state index contributed by atoms with van der Waals surface area (Å²) in [5.74, 6) is 4.96. The van der Waals surface area contributed by atoms with Crippen LogP contribution >= 0.6 is 0 Å². The summed E-state index contributed by atoms with van der Waals surface area (Å²) in [6.07, 6.45) is 0. The summed E-state index contributed by atoms with van der Waals surface area (Å²) in [6.45, 7) is 0. The summed E-state index contributed by atoms with van der Waals surface area (Å²) in [5, 5.41) is 11.2. The molecule has 0 unspecified atom stereocenters. The number of hydrogen-bond donors (Lipinski definition) is 1. The molecule has 0 aliphatic rings. The van der Waals surface area contributed by atoms with Crippen LogP contribution in [0.4, 0.5) is 8.78 Å². The lowest BCUT2D eigenvalue weighted by Crippen LogP contribution is -2.25. The molecule has 1 nitrogen and oxygen atoms in total. The highest BCUT2D eigenvalue weighted by atomic mass is 19.1. The van der Waals surface area contributed by atoms with Gasteiger partial charge in [0.2, 0.25) is 0 Å². The van der Waals surface area contributed by atoms with Crippen molar-refractivity contribution in [2.45, 2.75) is 5.60 Å². The van der Waals surface area contributed by atoms with Gasteiger partial charge in [0.25, 0.3) is 0 Å². The lowest BCUT2D eigenvalue weighted by atomic mass is 9.86. The van der Waals surface area contributed by atoms with Gasteiger partial charge >= 0.3 is 0 Å². The quantitative estimate of drug-likeness (QED) is 0.700. The van der Waals surface area contributed by atoms with Gasteiger partial charge in [-0.15, -0.1) is 0 Å². The Balaban J connectivity index is 2.12. The molecule has 0 atom stereocenters. The van der Waals surface area contributed by atoms with Gasteiger partial charge in [0, 0.05) is 16.7 Å². The highest BCUT2D eigenvalue weighted by Gasteiger charge is 2.29. The molecule has 0 saturated carbocycles. The molecule has 3 rings (SSSR count). The fourth-order valence-corrected chi connectivity index (χ4v) is 2.38. The molecule has 0 aromatic heterocycles. The first kappa shape index (κ1) is 15.9. The molecule has 0 heterocycles. The van der Waals surface area contributed by atoms with Gasteiger partial charge in [-0.25, -0.2) is 8.78 Å². The zero-order valence-corrected chi connectivity index (χ0v) is 12.7. The Kier molecular flexibility index (Phi) is 4.41. The molecule has 0 saturated heterocycles. The summed E-state index contributed by atoms with van der Waals surface area (Å²) in [5.41, 5.74) is -0.102. The largest absolute Gasteiger partial charge is 0.369 e. The number of aliphatic hydroxyl groups is 1. The van der Waals surface area contributed by atoms with E-state index in [1.54, 1.807) is 0 Å². The molecule has 0 radical (unpaired) electrons. The molecule has 0 aliphatic carbocycles. The molecular formula is C21H14F2O. The van der Waals surface area contributed by atoms with Gasteiger partial charge in [-0.3, -0.25) is 0 Å². The first-order valence-electron chi connectivity index (χ1n) is 7.40. The lowest BCUT2D eigenvalue weighted by molar-refractivity contribution is 0.145. The van der Waals surface area contributed by atoms with Crippen LogP contribution in [0.25, 0.3) is 0 Å². The molecule has 0 aliphatic heterocycles. The molecule has 118 valence electrons. The predicted octanol–water partition coefficient (Wildman–Crippen LogP) is 4.25. The van der Waals surface area contributed by atoms with Gasteiger partial charge in [-0.1, -0.05) is 54.3 Å². The second-order valence-corrected chi connectivity index (χ2v) is 5.34. The van der Waals surface area contributed by atoms with Crippen LogP contribution < -0.4 is 0 Å². The van der Waals surface area contributed by atoms with Gasteiger partial charge in [-0.2, -0.15) is 0 Å². The summed E-state index contributed by atoms with van der Waals surface area (Å²) in [4.78, 5) is 0. The minimum Gasteiger partial charge on any atom is -0.369 e. The second-order valence-electron chi connectivity index (χ2n) is 5.34. The fourth-order valence-electron chi connectivity index (χ4n) is 2.38.